The van der Waals surface area contributed by atoms with Gasteiger partial charge in [-0.05, 0) is 30.7 Å². The SMILES string of the molecule is O=C(N=C[C@@]1(C(=O)NCc2ncc(Nc3ccc(Cl)cc3C(F)(F)F)cc2Cl)CCOC1)c1cncnc1. The molecular weight excluding hydrogens is 548 g/mol. The van der Waals surface area contributed by atoms with Crippen LogP contribution >= 0.6 is 23.2 Å². The lowest BCUT2D eigenvalue weighted by molar-refractivity contribution is -0.137. The van der Waals surface area contributed by atoms with Crippen molar-refractivity contribution in [3.63, 3.8) is 0 Å². The van der Waals surface area contributed by atoms with Crippen LogP contribution in [0, 0.1) is 5.41 Å². The van der Waals surface area contributed by atoms with E-state index < -0.39 is 29.0 Å². The Hall–Kier alpha value is -3.61. The Morgan fingerprint density at radius 2 is 1.92 bits per heavy atom. The van der Waals surface area contributed by atoms with E-state index in [9.17, 15) is 22.8 Å². The van der Waals surface area contributed by atoms with Gasteiger partial charge >= 0.3 is 6.18 Å². The van der Waals surface area contributed by atoms with Gasteiger partial charge in [-0.1, -0.05) is 23.2 Å². The quantitative estimate of drug-likeness (QED) is 0.391. The molecule has 4 rings (SSSR count). The number of aromatic nitrogens is 3. The molecule has 38 heavy (non-hydrogen) atoms. The molecule has 0 bridgehead atoms. The van der Waals surface area contributed by atoms with Gasteiger partial charge in [0.05, 0.1) is 52.6 Å². The van der Waals surface area contributed by atoms with E-state index in [4.69, 9.17) is 27.9 Å². The number of hydrogen-bond donors (Lipinski definition) is 2. The van der Waals surface area contributed by atoms with Crippen molar-refractivity contribution in [2.24, 2.45) is 10.4 Å². The average Bonchev–Trinajstić information content (AvgIpc) is 3.38. The maximum Gasteiger partial charge on any atom is 0.418 e. The Kier molecular flexibility index (Phi) is 8.24. The van der Waals surface area contributed by atoms with Crippen molar-refractivity contribution in [2.75, 3.05) is 18.5 Å². The Morgan fingerprint density at radius 1 is 1.16 bits per heavy atom. The number of aliphatic imine (C=N–C) groups is 1. The van der Waals surface area contributed by atoms with E-state index in [0.717, 1.165) is 6.07 Å². The summed E-state index contributed by atoms with van der Waals surface area (Å²) in [4.78, 5) is 40.9. The fourth-order valence-electron chi connectivity index (χ4n) is 3.61. The van der Waals surface area contributed by atoms with Crippen molar-refractivity contribution in [3.8, 4) is 0 Å². The number of anilines is 2. The summed E-state index contributed by atoms with van der Waals surface area (Å²) in [6.45, 7) is 0.238. The van der Waals surface area contributed by atoms with Crippen molar-refractivity contribution in [1.82, 2.24) is 20.3 Å². The van der Waals surface area contributed by atoms with Crippen LogP contribution in [0.5, 0.6) is 0 Å². The maximum atomic E-state index is 13.4. The molecule has 0 unspecified atom stereocenters. The number of benzene rings is 1. The number of nitrogens with zero attached hydrogens (tertiary/aromatic N) is 4. The topological polar surface area (TPSA) is 118 Å². The van der Waals surface area contributed by atoms with Gasteiger partial charge in [0.1, 0.15) is 11.7 Å². The monoisotopic (exact) mass is 566 g/mol. The molecule has 1 atom stereocenters. The number of rotatable bonds is 7. The molecule has 0 spiro atoms. The fraction of sp³-hybridized carbons (Fsp3) is 0.250. The summed E-state index contributed by atoms with van der Waals surface area (Å²) in [5, 5.41) is 5.41. The molecule has 0 radical (unpaired) electrons. The van der Waals surface area contributed by atoms with Crippen LogP contribution in [0.25, 0.3) is 0 Å². The molecule has 2 amide bonds. The van der Waals surface area contributed by atoms with E-state index in [1.165, 1.54) is 49.3 Å². The average molecular weight is 567 g/mol. The summed E-state index contributed by atoms with van der Waals surface area (Å²) in [5.41, 5.74) is -1.69. The first-order valence-corrected chi connectivity index (χ1v) is 11.8. The molecule has 9 nitrogen and oxygen atoms in total. The zero-order valence-electron chi connectivity index (χ0n) is 19.4. The molecule has 2 N–H and O–H groups in total. The van der Waals surface area contributed by atoms with E-state index in [0.29, 0.717) is 13.0 Å². The largest absolute Gasteiger partial charge is 0.418 e. The van der Waals surface area contributed by atoms with Crippen LogP contribution in [0.2, 0.25) is 10.0 Å². The lowest BCUT2D eigenvalue weighted by Gasteiger charge is -2.21. The van der Waals surface area contributed by atoms with Gasteiger partial charge in [0.25, 0.3) is 5.91 Å². The van der Waals surface area contributed by atoms with Crippen LogP contribution in [0.15, 0.2) is 54.2 Å². The summed E-state index contributed by atoms with van der Waals surface area (Å²) in [5.74, 6) is -1.06. The number of carbonyl (C=O) groups excluding carboxylic acids is 2. The first-order valence-electron chi connectivity index (χ1n) is 11.1. The highest BCUT2D eigenvalue weighted by Gasteiger charge is 2.41. The van der Waals surface area contributed by atoms with E-state index in [1.54, 1.807) is 0 Å². The van der Waals surface area contributed by atoms with Gasteiger partial charge in [0.15, 0.2) is 0 Å². The summed E-state index contributed by atoms with van der Waals surface area (Å²) < 4.78 is 45.5. The zero-order chi connectivity index (χ0) is 27.3. The molecule has 1 saturated heterocycles. The maximum absolute atomic E-state index is 13.4. The lowest BCUT2D eigenvalue weighted by atomic mass is 9.87. The van der Waals surface area contributed by atoms with Crippen LogP contribution in [-0.4, -0.2) is 46.2 Å². The van der Waals surface area contributed by atoms with Crippen LogP contribution in [0.4, 0.5) is 24.5 Å². The Balaban J connectivity index is 1.44. The number of carbonyl (C=O) groups is 2. The zero-order valence-corrected chi connectivity index (χ0v) is 20.9. The number of alkyl halides is 3. The van der Waals surface area contributed by atoms with Crippen molar-refractivity contribution in [3.05, 3.63) is 76.0 Å². The minimum Gasteiger partial charge on any atom is -0.380 e. The molecule has 0 saturated carbocycles. The molecule has 1 aliphatic rings. The van der Waals surface area contributed by atoms with Gasteiger partial charge in [-0.3, -0.25) is 14.6 Å². The van der Waals surface area contributed by atoms with Gasteiger partial charge in [0.2, 0.25) is 5.91 Å². The Morgan fingerprint density at radius 3 is 2.58 bits per heavy atom. The fourth-order valence-corrected chi connectivity index (χ4v) is 4.01. The first-order chi connectivity index (χ1) is 18.1. The molecule has 1 fully saturated rings. The molecule has 2 aromatic heterocycles. The highest BCUT2D eigenvalue weighted by atomic mass is 35.5. The summed E-state index contributed by atoms with van der Waals surface area (Å²) in [6.07, 6.45) is 2.13. The third-order valence-electron chi connectivity index (χ3n) is 5.64. The molecule has 3 aromatic rings. The Labute approximate surface area is 224 Å². The van der Waals surface area contributed by atoms with E-state index in [1.807, 2.05) is 0 Å². The van der Waals surface area contributed by atoms with Gasteiger partial charge in [-0.25, -0.2) is 15.0 Å². The number of amides is 2. The second kappa shape index (κ2) is 11.4. The third kappa shape index (κ3) is 6.44. The van der Waals surface area contributed by atoms with Crippen LogP contribution in [0.3, 0.4) is 0 Å². The number of halogens is 5. The third-order valence-corrected chi connectivity index (χ3v) is 6.20. The number of ether oxygens (including phenoxy) is 1. The highest BCUT2D eigenvalue weighted by molar-refractivity contribution is 6.31. The number of nitrogens with one attached hydrogen (secondary N) is 2. The number of pyridine rings is 1. The second-order valence-electron chi connectivity index (χ2n) is 8.30. The molecule has 0 aliphatic carbocycles. The van der Waals surface area contributed by atoms with E-state index in [2.05, 4.69) is 30.6 Å². The van der Waals surface area contributed by atoms with Crippen LogP contribution in [0.1, 0.15) is 28.0 Å². The molecule has 198 valence electrons. The van der Waals surface area contributed by atoms with E-state index >= 15 is 0 Å². The Bertz CT molecular complexity index is 1370. The van der Waals surface area contributed by atoms with Gasteiger partial charge in [0, 0.05) is 30.2 Å². The smallest absolute Gasteiger partial charge is 0.380 e. The van der Waals surface area contributed by atoms with Crippen molar-refractivity contribution < 1.29 is 27.5 Å². The van der Waals surface area contributed by atoms with E-state index in [-0.39, 0.29) is 45.8 Å². The molecular formula is C24H19Cl2F3N6O3. The van der Waals surface area contributed by atoms with Crippen molar-refractivity contribution >= 4 is 52.6 Å². The minimum absolute atomic E-state index is 0.0214. The highest BCUT2D eigenvalue weighted by Crippen LogP contribution is 2.38. The van der Waals surface area contributed by atoms with Crippen LogP contribution < -0.4 is 10.6 Å². The predicted octanol–water partition coefficient (Wildman–Crippen LogP) is 4.87. The normalized spacial score (nSPS) is 17.5. The van der Waals surface area contributed by atoms with Gasteiger partial charge < -0.3 is 15.4 Å². The first kappa shape index (κ1) is 27.4. The minimum atomic E-state index is -4.63. The summed E-state index contributed by atoms with van der Waals surface area (Å²) in [6, 6.07) is 4.73. The van der Waals surface area contributed by atoms with Gasteiger partial charge in [-0.15, -0.1) is 0 Å². The summed E-state index contributed by atoms with van der Waals surface area (Å²) in [7, 11) is 0. The molecule has 3 heterocycles. The molecule has 1 aliphatic heterocycles. The van der Waals surface area contributed by atoms with Crippen molar-refractivity contribution in [1.29, 1.82) is 0 Å². The second-order valence-corrected chi connectivity index (χ2v) is 9.14. The predicted molar refractivity (Wildman–Crippen MR) is 134 cm³/mol. The lowest BCUT2D eigenvalue weighted by Crippen LogP contribution is -2.42. The molecule has 1 aromatic carbocycles. The van der Waals surface area contributed by atoms with Crippen molar-refractivity contribution in [2.45, 2.75) is 19.1 Å². The summed E-state index contributed by atoms with van der Waals surface area (Å²) >= 11 is 12.0. The van der Waals surface area contributed by atoms with Crippen LogP contribution in [-0.2, 0) is 22.3 Å². The number of hydrogen-bond acceptors (Lipinski definition) is 7. The molecule has 14 heteroatoms. The van der Waals surface area contributed by atoms with Gasteiger partial charge in [-0.2, -0.15) is 13.2 Å². The standard InChI is InChI=1S/C24H19Cl2F3N6O3/c25-15-1-2-19(17(5-15)24(27,28)29)35-16-6-18(26)20(32-9-16)10-33-22(37)23(3-4-38-12-23)11-34-21(36)14-7-30-13-31-8-14/h1-2,5-9,11,13,35H,3-4,10,12H2,(H,33,37)/t23-/m0/s1.